The lowest BCUT2D eigenvalue weighted by Gasteiger charge is -2.59. The lowest BCUT2D eigenvalue weighted by Crippen LogP contribution is -2.65. The molecule has 0 bridgehead atoms. The Balaban J connectivity index is 2.45. The van der Waals surface area contributed by atoms with E-state index in [1.165, 1.54) is 5.57 Å². The largest absolute Gasteiger partial charge is 0.386 e. The van der Waals surface area contributed by atoms with E-state index in [9.17, 15) is 5.11 Å². The molecule has 2 rings (SSSR count). The Labute approximate surface area is 123 Å². The molecule has 2 heteroatoms. The van der Waals surface area contributed by atoms with Gasteiger partial charge in [-0.25, -0.2) is 0 Å². The fourth-order valence-electron chi connectivity index (χ4n) is 4.53. The molecule has 3 atom stereocenters. The van der Waals surface area contributed by atoms with Gasteiger partial charge in [-0.05, 0) is 50.9 Å². The average molecular weight is 278 g/mol. The van der Waals surface area contributed by atoms with Gasteiger partial charge in [0.15, 0.2) is 0 Å². The molecule has 0 amide bonds. The van der Waals surface area contributed by atoms with Crippen molar-refractivity contribution in [3.05, 3.63) is 24.8 Å². The van der Waals surface area contributed by atoms with Gasteiger partial charge in [0, 0.05) is 12.5 Å². The Morgan fingerprint density at radius 1 is 1.40 bits per heavy atom. The quantitative estimate of drug-likeness (QED) is 0.779. The van der Waals surface area contributed by atoms with Gasteiger partial charge in [-0.1, -0.05) is 32.1 Å². The minimum absolute atomic E-state index is 0.159. The van der Waals surface area contributed by atoms with Crippen molar-refractivity contribution < 1.29 is 9.84 Å². The third kappa shape index (κ3) is 2.37. The van der Waals surface area contributed by atoms with Crippen LogP contribution in [0.5, 0.6) is 0 Å². The Morgan fingerprint density at radius 3 is 2.70 bits per heavy atom. The van der Waals surface area contributed by atoms with Crippen LogP contribution in [0.2, 0.25) is 0 Å². The maximum atomic E-state index is 11.6. The van der Waals surface area contributed by atoms with Crippen LogP contribution in [0, 0.1) is 11.3 Å². The number of fused-ring (bicyclic) bond motifs is 1. The molecular weight excluding hydrogens is 248 g/mol. The molecule has 0 aromatic rings. The molecule has 2 nitrogen and oxygen atoms in total. The smallest absolute Gasteiger partial charge is 0.101 e. The molecule has 20 heavy (non-hydrogen) atoms. The predicted molar refractivity (Wildman–Crippen MR) is 83.6 cm³/mol. The number of rotatable bonds is 4. The summed E-state index contributed by atoms with van der Waals surface area (Å²) in [6.45, 7) is 15.3. The first kappa shape index (κ1) is 15.8. The lowest BCUT2D eigenvalue weighted by atomic mass is 9.52. The molecule has 0 saturated heterocycles. The lowest BCUT2D eigenvalue weighted by molar-refractivity contribution is -0.238. The Hall–Kier alpha value is -0.600. The summed E-state index contributed by atoms with van der Waals surface area (Å²) in [5, 5.41) is 11.6. The molecule has 114 valence electrons. The highest BCUT2D eigenvalue weighted by atomic mass is 16.5. The molecule has 0 spiro atoms. The minimum Gasteiger partial charge on any atom is -0.386 e. The highest BCUT2D eigenvalue weighted by Gasteiger charge is 2.61. The van der Waals surface area contributed by atoms with Crippen molar-refractivity contribution in [1.82, 2.24) is 0 Å². The van der Waals surface area contributed by atoms with Crippen molar-refractivity contribution in [2.75, 3.05) is 6.61 Å². The van der Waals surface area contributed by atoms with E-state index in [1.807, 2.05) is 13.0 Å². The Bertz CT molecular complexity index is 398. The van der Waals surface area contributed by atoms with E-state index in [4.69, 9.17) is 4.74 Å². The molecule has 2 fully saturated rings. The number of hydrogen-bond donors (Lipinski definition) is 1. The van der Waals surface area contributed by atoms with Crippen molar-refractivity contribution in [2.24, 2.45) is 11.3 Å². The van der Waals surface area contributed by atoms with E-state index < -0.39 is 11.2 Å². The van der Waals surface area contributed by atoms with Gasteiger partial charge in [0.05, 0.1) is 0 Å². The van der Waals surface area contributed by atoms with E-state index in [2.05, 4.69) is 27.0 Å². The second kappa shape index (κ2) is 5.31. The summed E-state index contributed by atoms with van der Waals surface area (Å²) in [5.74, 6) is 0.177. The van der Waals surface area contributed by atoms with Gasteiger partial charge in [-0.2, -0.15) is 0 Å². The molecule has 0 aliphatic heterocycles. The van der Waals surface area contributed by atoms with E-state index in [0.29, 0.717) is 6.61 Å². The summed E-state index contributed by atoms with van der Waals surface area (Å²) in [5.41, 5.74) is 0.0932. The Kier molecular flexibility index (Phi) is 4.19. The van der Waals surface area contributed by atoms with Crippen LogP contribution in [0.15, 0.2) is 24.8 Å². The molecule has 1 N–H and O–H groups in total. The minimum atomic E-state index is -0.797. The van der Waals surface area contributed by atoms with Crippen molar-refractivity contribution in [3.8, 4) is 0 Å². The van der Waals surface area contributed by atoms with Crippen molar-refractivity contribution in [2.45, 2.75) is 70.5 Å². The molecule has 0 radical (unpaired) electrons. The van der Waals surface area contributed by atoms with Gasteiger partial charge < -0.3 is 9.84 Å². The Morgan fingerprint density at radius 2 is 2.10 bits per heavy atom. The second-order valence-electron chi connectivity index (χ2n) is 7.43. The summed E-state index contributed by atoms with van der Waals surface area (Å²) in [6.07, 6.45) is 7.40. The first-order valence-corrected chi connectivity index (χ1v) is 7.95. The fourth-order valence-corrected chi connectivity index (χ4v) is 4.53. The van der Waals surface area contributed by atoms with Gasteiger partial charge in [0.25, 0.3) is 0 Å². The second-order valence-corrected chi connectivity index (χ2v) is 7.43. The van der Waals surface area contributed by atoms with E-state index in [0.717, 1.165) is 38.5 Å². The SMILES string of the molecule is C=CC[C@]1(OCC)CCC(=C)[C@@H]2CCC(C)(C)C[C@]21O. The summed E-state index contributed by atoms with van der Waals surface area (Å²) < 4.78 is 6.16. The molecule has 2 aliphatic rings. The van der Waals surface area contributed by atoms with Crippen molar-refractivity contribution >= 4 is 0 Å². The average Bonchev–Trinajstić information content (AvgIpc) is 2.33. The highest BCUT2D eigenvalue weighted by molar-refractivity contribution is 5.24. The van der Waals surface area contributed by atoms with Gasteiger partial charge in [0.1, 0.15) is 11.2 Å². The fraction of sp³-hybridized carbons (Fsp3) is 0.778. The van der Waals surface area contributed by atoms with Crippen LogP contribution in [0.4, 0.5) is 0 Å². The first-order valence-electron chi connectivity index (χ1n) is 7.95. The van der Waals surface area contributed by atoms with Crippen LogP contribution in [-0.4, -0.2) is 22.9 Å². The number of aliphatic hydroxyl groups is 1. The summed E-state index contributed by atoms with van der Waals surface area (Å²) in [6, 6.07) is 0. The number of hydrogen-bond acceptors (Lipinski definition) is 2. The first-order chi connectivity index (χ1) is 9.30. The number of ether oxygens (including phenoxy) is 1. The van der Waals surface area contributed by atoms with Gasteiger partial charge >= 0.3 is 0 Å². The topological polar surface area (TPSA) is 29.5 Å². The predicted octanol–water partition coefficient (Wildman–Crippen LogP) is 4.25. The summed E-state index contributed by atoms with van der Waals surface area (Å²) in [4.78, 5) is 0. The van der Waals surface area contributed by atoms with Crippen molar-refractivity contribution in [3.63, 3.8) is 0 Å². The third-order valence-electron chi connectivity index (χ3n) is 5.46. The molecule has 0 heterocycles. The molecule has 0 aromatic heterocycles. The monoisotopic (exact) mass is 278 g/mol. The standard InChI is InChI=1S/C18H30O2/c1-6-10-17(20-7-2)12-8-14(3)15-9-11-16(4,5)13-18(15,17)19/h6,15,19H,1,3,7-13H2,2,4-5H3/t15-,17-,18-/m0/s1. The molecular formula is C18H30O2. The zero-order valence-corrected chi connectivity index (χ0v) is 13.4. The van der Waals surface area contributed by atoms with E-state index in [1.54, 1.807) is 0 Å². The van der Waals surface area contributed by atoms with Crippen LogP contribution in [0.25, 0.3) is 0 Å². The zero-order chi connectivity index (χ0) is 15.0. The van der Waals surface area contributed by atoms with Crippen LogP contribution >= 0.6 is 0 Å². The van der Waals surface area contributed by atoms with Crippen LogP contribution < -0.4 is 0 Å². The van der Waals surface area contributed by atoms with E-state index in [-0.39, 0.29) is 11.3 Å². The molecule has 0 aromatic carbocycles. The van der Waals surface area contributed by atoms with Gasteiger partial charge in [0.2, 0.25) is 0 Å². The normalized spacial score (nSPS) is 40.2. The molecule has 2 saturated carbocycles. The van der Waals surface area contributed by atoms with Gasteiger partial charge in [-0.3, -0.25) is 0 Å². The summed E-state index contributed by atoms with van der Waals surface area (Å²) in [7, 11) is 0. The highest BCUT2D eigenvalue weighted by Crippen LogP contribution is 2.57. The van der Waals surface area contributed by atoms with Crippen LogP contribution in [-0.2, 0) is 4.74 Å². The van der Waals surface area contributed by atoms with Crippen molar-refractivity contribution in [1.29, 1.82) is 0 Å². The van der Waals surface area contributed by atoms with Crippen LogP contribution in [0.3, 0.4) is 0 Å². The molecule has 2 aliphatic carbocycles. The third-order valence-corrected chi connectivity index (χ3v) is 5.46. The van der Waals surface area contributed by atoms with Crippen LogP contribution in [0.1, 0.15) is 59.3 Å². The summed E-state index contributed by atoms with van der Waals surface area (Å²) >= 11 is 0. The zero-order valence-electron chi connectivity index (χ0n) is 13.4. The maximum Gasteiger partial charge on any atom is 0.101 e. The molecule has 0 unspecified atom stereocenters. The maximum absolute atomic E-state index is 11.6. The van der Waals surface area contributed by atoms with E-state index >= 15 is 0 Å². The van der Waals surface area contributed by atoms with Gasteiger partial charge in [-0.15, -0.1) is 6.58 Å².